The molecule has 0 aromatic carbocycles. The van der Waals surface area contributed by atoms with Gasteiger partial charge in [-0.3, -0.25) is 4.68 Å². The van der Waals surface area contributed by atoms with Crippen LogP contribution in [-0.2, 0) is 13.7 Å². The summed E-state index contributed by atoms with van der Waals surface area (Å²) >= 11 is 0. The first kappa shape index (κ1) is 12.2. The van der Waals surface area contributed by atoms with Crippen molar-refractivity contribution in [3.8, 4) is 5.75 Å². The predicted molar refractivity (Wildman–Crippen MR) is 62.7 cm³/mol. The van der Waals surface area contributed by atoms with Gasteiger partial charge >= 0.3 is 5.97 Å². The number of ether oxygens (including phenoxy) is 1. The third-order valence-electron chi connectivity index (χ3n) is 2.67. The molecule has 0 aliphatic heterocycles. The molecule has 0 aliphatic carbocycles. The maximum atomic E-state index is 10.7. The number of carboxylic acids is 1. The lowest BCUT2D eigenvalue weighted by Gasteiger charge is -2.04. The molecule has 2 rings (SSSR count). The van der Waals surface area contributed by atoms with Crippen molar-refractivity contribution in [1.82, 2.24) is 9.78 Å². The second kappa shape index (κ2) is 4.56. The van der Waals surface area contributed by atoms with E-state index in [1.807, 2.05) is 20.9 Å². The van der Waals surface area contributed by atoms with Gasteiger partial charge < -0.3 is 14.3 Å². The topological polar surface area (TPSA) is 77.5 Å². The molecule has 0 fully saturated rings. The Morgan fingerprint density at radius 2 is 2.22 bits per heavy atom. The van der Waals surface area contributed by atoms with Crippen LogP contribution in [0.1, 0.15) is 27.7 Å². The van der Waals surface area contributed by atoms with Crippen LogP contribution >= 0.6 is 0 Å². The molecule has 0 radical (unpaired) electrons. The molecule has 0 amide bonds. The van der Waals surface area contributed by atoms with Crippen molar-refractivity contribution >= 4 is 5.97 Å². The summed E-state index contributed by atoms with van der Waals surface area (Å²) in [5.74, 6) is -0.0101. The average molecular weight is 250 g/mol. The van der Waals surface area contributed by atoms with E-state index in [0.717, 1.165) is 11.4 Å². The fourth-order valence-electron chi connectivity index (χ4n) is 1.68. The molecule has 2 aromatic heterocycles. The summed E-state index contributed by atoms with van der Waals surface area (Å²) in [5, 5.41) is 13.0. The van der Waals surface area contributed by atoms with Crippen molar-refractivity contribution in [2.45, 2.75) is 20.5 Å². The maximum absolute atomic E-state index is 10.7. The first-order valence-corrected chi connectivity index (χ1v) is 5.44. The average Bonchev–Trinajstić information content (AvgIpc) is 2.85. The lowest BCUT2D eigenvalue weighted by molar-refractivity contribution is 0.0658. The van der Waals surface area contributed by atoms with Gasteiger partial charge in [0.1, 0.15) is 18.1 Å². The van der Waals surface area contributed by atoms with Gasteiger partial charge in [-0.2, -0.15) is 5.10 Å². The third-order valence-corrected chi connectivity index (χ3v) is 2.67. The molecule has 18 heavy (non-hydrogen) atoms. The van der Waals surface area contributed by atoms with Crippen LogP contribution in [0.3, 0.4) is 0 Å². The van der Waals surface area contributed by atoms with Crippen molar-refractivity contribution in [3.63, 3.8) is 0 Å². The van der Waals surface area contributed by atoms with E-state index in [4.69, 9.17) is 14.3 Å². The molecule has 6 nitrogen and oxygen atoms in total. The second-order valence-corrected chi connectivity index (χ2v) is 3.98. The van der Waals surface area contributed by atoms with Gasteiger partial charge in [0.05, 0.1) is 5.69 Å². The minimum atomic E-state index is -1.09. The Bertz CT molecular complexity index is 583. The number of carboxylic acid groups (broad SMARTS) is 1. The molecule has 0 atom stereocenters. The molecule has 0 saturated carbocycles. The molecular weight excluding hydrogens is 236 g/mol. The zero-order valence-corrected chi connectivity index (χ0v) is 10.4. The summed E-state index contributed by atoms with van der Waals surface area (Å²) in [6.07, 6.45) is 0. The zero-order chi connectivity index (χ0) is 13.3. The number of carbonyl (C=O) groups is 1. The van der Waals surface area contributed by atoms with E-state index in [1.165, 1.54) is 6.07 Å². The number of aromatic nitrogens is 2. The van der Waals surface area contributed by atoms with Crippen molar-refractivity contribution < 1.29 is 19.1 Å². The molecule has 6 heteroatoms. The van der Waals surface area contributed by atoms with Crippen LogP contribution in [0.4, 0.5) is 0 Å². The van der Waals surface area contributed by atoms with Gasteiger partial charge in [0, 0.05) is 7.05 Å². The van der Waals surface area contributed by atoms with Crippen molar-refractivity contribution in [2.24, 2.45) is 7.05 Å². The van der Waals surface area contributed by atoms with Crippen LogP contribution < -0.4 is 4.74 Å². The Hall–Kier alpha value is -2.24. The van der Waals surface area contributed by atoms with Crippen LogP contribution in [0, 0.1) is 13.8 Å². The Kier molecular flexibility index (Phi) is 3.10. The van der Waals surface area contributed by atoms with Gasteiger partial charge in [-0.25, -0.2) is 4.79 Å². The molecule has 2 heterocycles. The number of nitrogens with zero attached hydrogens (tertiary/aromatic N) is 2. The number of hydrogen-bond donors (Lipinski definition) is 1. The predicted octanol–water partition coefficient (Wildman–Crippen LogP) is 1.91. The Labute approximate surface area is 104 Å². The van der Waals surface area contributed by atoms with Gasteiger partial charge in [-0.05, 0) is 26.0 Å². The highest BCUT2D eigenvalue weighted by atomic mass is 16.5. The molecule has 1 N–H and O–H groups in total. The van der Waals surface area contributed by atoms with Gasteiger partial charge in [0.2, 0.25) is 5.76 Å². The minimum Gasteiger partial charge on any atom is -0.482 e. The quantitative estimate of drug-likeness (QED) is 0.896. The maximum Gasteiger partial charge on any atom is 0.371 e. The fourth-order valence-corrected chi connectivity index (χ4v) is 1.68. The fraction of sp³-hybridized carbons (Fsp3) is 0.333. The lowest BCUT2D eigenvalue weighted by Crippen LogP contribution is -1.97. The highest BCUT2D eigenvalue weighted by Gasteiger charge is 2.13. The SMILES string of the molecule is Cc1nn(C)c(C)c1OCc1ccc(C(=O)O)o1. The van der Waals surface area contributed by atoms with Crippen LogP contribution in [-0.4, -0.2) is 20.9 Å². The summed E-state index contributed by atoms with van der Waals surface area (Å²) in [6, 6.07) is 2.99. The summed E-state index contributed by atoms with van der Waals surface area (Å²) in [5.41, 5.74) is 1.71. The standard InChI is InChI=1S/C12H14N2O4/c1-7-11(8(2)14(3)13-7)17-6-9-4-5-10(18-9)12(15)16/h4-5H,6H2,1-3H3,(H,15,16). The summed E-state index contributed by atoms with van der Waals surface area (Å²) in [7, 11) is 1.84. The minimum absolute atomic E-state index is 0.0896. The van der Waals surface area contributed by atoms with E-state index in [9.17, 15) is 4.79 Å². The van der Waals surface area contributed by atoms with Gasteiger partial charge in [-0.15, -0.1) is 0 Å². The number of hydrogen-bond acceptors (Lipinski definition) is 4. The largest absolute Gasteiger partial charge is 0.482 e. The molecule has 0 bridgehead atoms. The first-order valence-electron chi connectivity index (χ1n) is 5.44. The van der Waals surface area contributed by atoms with Crippen LogP contribution in [0.2, 0.25) is 0 Å². The van der Waals surface area contributed by atoms with Crippen LogP contribution in [0.25, 0.3) is 0 Å². The van der Waals surface area contributed by atoms with Gasteiger partial charge in [-0.1, -0.05) is 0 Å². The van der Waals surface area contributed by atoms with Crippen molar-refractivity contribution in [2.75, 3.05) is 0 Å². The Balaban J connectivity index is 2.09. The molecular formula is C12H14N2O4. The van der Waals surface area contributed by atoms with Crippen molar-refractivity contribution in [1.29, 1.82) is 0 Å². The van der Waals surface area contributed by atoms with E-state index in [0.29, 0.717) is 11.5 Å². The molecule has 0 saturated heterocycles. The smallest absolute Gasteiger partial charge is 0.371 e. The molecule has 96 valence electrons. The summed E-state index contributed by atoms with van der Waals surface area (Å²) < 4.78 is 12.4. The Morgan fingerprint density at radius 3 is 2.72 bits per heavy atom. The molecule has 0 spiro atoms. The summed E-state index contributed by atoms with van der Waals surface area (Å²) in [6.45, 7) is 3.94. The van der Waals surface area contributed by atoms with E-state index in [-0.39, 0.29) is 12.4 Å². The second-order valence-electron chi connectivity index (χ2n) is 3.98. The van der Waals surface area contributed by atoms with Crippen LogP contribution in [0.5, 0.6) is 5.75 Å². The number of furan rings is 1. The van der Waals surface area contributed by atoms with Crippen LogP contribution in [0.15, 0.2) is 16.5 Å². The monoisotopic (exact) mass is 250 g/mol. The lowest BCUT2D eigenvalue weighted by atomic mass is 10.3. The van der Waals surface area contributed by atoms with E-state index < -0.39 is 5.97 Å². The normalized spacial score (nSPS) is 10.6. The van der Waals surface area contributed by atoms with Crippen molar-refractivity contribution in [3.05, 3.63) is 35.0 Å². The first-order chi connectivity index (χ1) is 8.49. The van der Waals surface area contributed by atoms with Gasteiger partial charge in [0.15, 0.2) is 5.75 Å². The number of rotatable bonds is 4. The molecule has 2 aromatic rings. The van der Waals surface area contributed by atoms with E-state index in [2.05, 4.69) is 5.10 Å². The number of aromatic carboxylic acids is 1. The summed E-state index contributed by atoms with van der Waals surface area (Å²) in [4.78, 5) is 10.7. The third kappa shape index (κ3) is 2.22. The van der Waals surface area contributed by atoms with Gasteiger partial charge in [0.25, 0.3) is 0 Å². The van der Waals surface area contributed by atoms with E-state index in [1.54, 1.807) is 10.7 Å². The zero-order valence-electron chi connectivity index (χ0n) is 10.4. The van der Waals surface area contributed by atoms with E-state index >= 15 is 0 Å². The molecule has 0 aliphatic rings. The highest BCUT2D eigenvalue weighted by Crippen LogP contribution is 2.22. The Morgan fingerprint density at radius 1 is 1.50 bits per heavy atom. The highest BCUT2D eigenvalue weighted by molar-refractivity contribution is 5.84. The number of aryl methyl sites for hydroxylation is 2. The molecule has 0 unspecified atom stereocenters.